The number of carboxylic acids is 1. The molecular weight excluding hydrogens is 581 g/mol. The molecule has 3 heterocycles. The number of nitrogens with one attached hydrogen (secondary N) is 1. The van der Waals surface area contributed by atoms with Crippen molar-refractivity contribution in [2.75, 3.05) is 11.1 Å². The van der Waals surface area contributed by atoms with Gasteiger partial charge in [-0.1, -0.05) is 30.3 Å². The van der Waals surface area contributed by atoms with Gasteiger partial charge in [0.1, 0.15) is 23.4 Å². The number of anilines is 2. The summed E-state index contributed by atoms with van der Waals surface area (Å²) >= 11 is 0. The van der Waals surface area contributed by atoms with Crippen molar-refractivity contribution in [2.45, 2.75) is 32.2 Å². The summed E-state index contributed by atoms with van der Waals surface area (Å²) in [6, 6.07) is 19.5. The zero-order valence-corrected chi connectivity index (χ0v) is 23.4. The van der Waals surface area contributed by atoms with Gasteiger partial charge in [-0.2, -0.15) is 13.2 Å². The molecule has 0 fully saturated rings. The average Bonchev–Trinajstić information content (AvgIpc) is 3.32. The van der Waals surface area contributed by atoms with Crippen LogP contribution in [-0.4, -0.2) is 53.0 Å². The Labute approximate surface area is 248 Å². The number of benzene rings is 2. The fraction of sp³-hybridized carbons (Fsp3) is 0.167. The van der Waals surface area contributed by atoms with Crippen molar-refractivity contribution in [3.8, 4) is 16.8 Å². The van der Waals surface area contributed by atoms with Crippen LogP contribution in [-0.2, 0) is 11.3 Å². The normalized spacial score (nSPS) is 11.5. The predicted octanol–water partition coefficient (Wildman–Crippen LogP) is 4.49. The lowest BCUT2D eigenvalue weighted by Crippen LogP contribution is -2.27. The third-order valence-corrected chi connectivity index (χ3v) is 6.16. The van der Waals surface area contributed by atoms with E-state index in [9.17, 15) is 27.9 Å². The fourth-order valence-corrected chi connectivity index (χ4v) is 4.29. The summed E-state index contributed by atoms with van der Waals surface area (Å²) in [5.74, 6) is -2.92. The molecule has 5 rings (SSSR count). The first-order chi connectivity index (χ1) is 20.7. The summed E-state index contributed by atoms with van der Waals surface area (Å²) in [5.41, 5.74) is 8.35. The van der Waals surface area contributed by atoms with Gasteiger partial charge in [0, 0.05) is 29.3 Å². The van der Waals surface area contributed by atoms with Crippen LogP contribution in [0, 0.1) is 0 Å². The molecule has 5 aromatic rings. The zero-order valence-electron chi connectivity index (χ0n) is 23.4. The van der Waals surface area contributed by atoms with E-state index in [1.165, 1.54) is 17.0 Å². The molecule has 2 aromatic carbocycles. The number of aromatic nitrogens is 4. The van der Waals surface area contributed by atoms with Crippen LogP contribution in [0.3, 0.4) is 0 Å². The lowest BCUT2D eigenvalue weighted by molar-refractivity contribution is -0.192. The molecule has 1 amide bonds. The highest BCUT2D eigenvalue weighted by molar-refractivity contribution is 6.04. The lowest BCUT2D eigenvalue weighted by Gasteiger charge is -2.18. The Morgan fingerprint density at radius 1 is 0.977 bits per heavy atom. The second-order valence-corrected chi connectivity index (χ2v) is 10.2. The molecule has 0 aliphatic heterocycles. The van der Waals surface area contributed by atoms with Crippen LogP contribution in [0.2, 0.25) is 0 Å². The van der Waals surface area contributed by atoms with E-state index >= 15 is 0 Å². The topological polar surface area (TPSA) is 165 Å². The van der Waals surface area contributed by atoms with Crippen molar-refractivity contribution in [1.29, 1.82) is 0 Å². The molecule has 0 atom stereocenters. The molecule has 0 spiro atoms. The smallest absolute Gasteiger partial charge is 0.475 e. The third-order valence-electron chi connectivity index (χ3n) is 6.16. The number of carboxylic acid groups (broad SMARTS) is 1. The number of carbonyl (C=O) groups excluding carboxylic acids is 1. The Kier molecular flexibility index (Phi) is 8.85. The maximum atomic E-state index is 13.0. The van der Waals surface area contributed by atoms with Crippen LogP contribution in [0.1, 0.15) is 24.2 Å². The molecule has 44 heavy (non-hydrogen) atoms. The van der Waals surface area contributed by atoms with Crippen LogP contribution >= 0.6 is 0 Å². The lowest BCUT2D eigenvalue weighted by atomic mass is 10.1. The van der Waals surface area contributed by atoms with Crippen LogP contribution in [0.4, 0.5) is 24.7 Å². The van der Waals surface area contributed by atoms with E-state index in [-0.39, 0.29) is 5.56 Å². The highest BCUT2D eigenvalue weighted by Gasteiger charge is 2.38. The molecule has 11 nitrogen and oxygen atoms in total. The molecule has 5 N–H and O–H groups in total. The minimum atomic E-state index is -5.08. The summed E-state index contributed by atoms with van der Waals surface area (Å²) in [6.07, 6.45) is -0.166. The molecule has 0 aliphatic rings. The number of aliphatic carboxylic acids is 1. The number of fused-ring (bicyclic) bond motifs is 1. The van der Waals surface area contributed by atoms with Crippen molar-refractivity contribution in [2.24, 2.45) is 0 Å². The van der Waals surface area contributed by atoms with Gasteiger partial charge in [0.05, 0.1) is 17.5 Å². The van der Waals surface area contributed by atoms with Crippen LogP contribution < -0.4 is 16.6 Å². The van der Waals surface area contributed by atoms with E-state index in [1.54, 1.807) is 50.4 Å². The van der Waals surface area contributed by atoms with Crippen LogP contribution in [0.15, 0.2) is 90.2 Å². The van der Waals surface area contributed by atoms with Gasteiger partial charge in [-0.15, -0.1) is 0 Å². The van der Waals surface area contributed by atoms with Gasteiger partial charge in [-0.25, -0.2) is 14.8 Å². The van der Waals surface area contributed by atoms with E-state index in [4.69, 9.17) is 15.6 Å². The number of carbonyl (C=O) groups is 2. The maximum Gasteiger partial charge on any atom is 0.490 e. The van der Waals surface area contributed by atoms with Crippen molar-refractivity contribution >= 4 is 34.4 Å². The number of halogens is 3. The maximum absolute atomic E-state index is 13.0. The number of hydrogen-bond acceptors (Lipinski definition) is 7. The van der Waals surface area contributed by atoms with Gasteiger partial charge >= 0.3 is 12.1 Å². The minimum Gasteiger partial charge on any atom is -0.475 e. The van der Waals surface area contributed by atoms with Gasteiger partial charge in [0.25, 0.3) is 11.5 Å². The summed E-state index contributed by atoms with van der Waals surface area (Å²) in [7, 11) is 0. The minimum absolute atomic E-state index is 0.0371. The highest BCUT2D eigenvalue weighted by atomic mass is 19.4. The molecular formula is C30H27F3N6O5. The first-order valence-electron chi connectivity index (χ1n) is 13.0. The molecule has 0 bridgehead atoms. The number of hydrogen-bond donors (Lipinski definition) is 4. The summed E-state index contributed by atoms with van der Waals surface area (Å²) in [4.78, 5) is 43.3. The summed E-state index contributed by atoms with van der Waals surface area (Å²) < 4.78 is 35.0. The number of amides is 1. The molecule has 0 aliphatic carbocycles. The number of aliphatic hydroxyl groups is 1. The molecule has 3 aromatic heterocycles. The molecule has 228 valence electrons. The quantitative estimate of drug-likeness (QED) is 0.219. The van der Waals surface area contributed by atoms with Crippen molar-refractivity contribution < 1.29 is 33.0 Å². The van der Waals surface area contributed by atoms with Gasteiger partial charge in [-0.05, 0) is 55.8 Å². The number of nitrogen functional groups attached to an aromatic ring is 1. The van der Waals surface area contributed by atoms with Gasteiger partial charge < -0.3 is 25.8 Å². The summed E-state index contributed by atoms with van der Waals surface area (Å²) in [6.45, 7) is 3.77. The molecule has 0 unspecified atom stereocenters. The van der Waals surface area contributed by atoms with Gasteiger partial charge in [-0.3, -0.25) is 14.2 Å². The zero-order chi connectivity index (χ0) is 32.2. The Bertz CT molecular complexity index is 1860. The fourth-order valence-electron chi connectivity index (χ4n) is 4.29. The van der Waals surface area contributed by atoms with Crippen LogP contribution in [0.5, 0.6) is 0 Å². The molecule has 14 heteroatoms. The Morgan fingerprint density at radius 2 is 1.61 bits per heavy atom. The molecule has 0 radical (unpaired) electrons. The summed E-state index contributed by atoms with van der Waals surface area (Å²) in [5, 5.41) is 21.0. The van der Waals surface area contributed by atoms with E-state index < -0.39 is 29.2 Å². The number of rotatable bonds is 6. The Balaban J connectivity index is 0.000000566. The van der Waals surface area contributed by atoms with Crippen LogP contribution in [0.25, 0.3) is 27.8 Å². The van der Waals surface area contributed by atoms with E-state index in [1.807, 2.05) is 41.1 Å². The molecule has 0 saturated carbocycles. The van der Waals surface area contributed by atoms with Crippen molar-refractivity contribution in [3.63, 3.8) is 0 Å². The monoisotopic (exact) mass is 608 g/mol. The van der Waals surface area contributed by atoms with Crippen molar-refractivity contribution in [3.05, 3.63) is 101 Å². The second-order valence-electron chi connectivity index (χ2n) is 10.2. The third kappa shape index (κ3) is 7.28. The van der Waals surface area contributed by atoms with E-state index in [0.29, 0.717) is 34.8 Å². The number of para-hydroxylation sites is 1. The van der Waals surface area contributed by atoms with E-state index in [0.717, 1.165) is 11.1 Å². The Hall–Kier alpha value is -5.50. The number of pyridine rings is 1. The second kappa shape index (κ2) is 12.4. The van der Waals surface area contributed by atoms with E-state index in [2.05, 4.69) is 15.3 Å². The number of nitrogens with zero attached hydrogens (tertiary/aromatic N) is 4. The number of nitrogens with two attached hydrogens (primary N) is 1. The first kappa shape index (κ1) is 31.4. The highest BCUT2D eigenvalue weighted by Crippen LogP contribution is 2.34. The molecule has 0 saturated heterocycles. The predicted molar refractivity (Wildman–Crippen MR) is 157 cm³/mol. The van der Waals surface area contributed by atoms with Gasteiger partial charge in [0.2, 0.25) is 0 Å². The SMILES string of the molecule is CC(C)(O)Cn1cc(-c2ccc(NC(=O)c3cccn(-c4ccccc4)c3=O)cc2)c2c(N)ncnc21.O=C(O)C(F)(F)F. The first-order valence-corrected chi connectivity index (χ1v) is 13.0. The standard InChI is InChI=1S/C28H26N6O3.C2HF3O2/c1-28(2,37)16-33-15-22(23-24(29)30-17-31-25(23)33)18-10-12-19(13-11-18)32-26(35)21-9-6-14-34(27(21)36)20-7-4-3-5-8-20;3-2(4,5)1(6)7/h3-15,17,37H,16H2,1-2H3,(H,32,35)(H2,29,30,31);(H,6,7). The van der Waals surface area contributed by atoms with Gasteiger partial charge in [0.15, 0.2) is 0 Å². The van der Waals surface area contributed by atoms with Crippen molar-refractivity contribution in [1.82, 2.24) is 19.1 Å². The Morgan fingerprint density at radius 3 is 2.20 bits per heavy atom. The largest absolute Gasteiger partial charge is 0.490 e. The average molecular weight is 609 g/mol. The number of alkyl halides is 3.